The number of benzene rings is 1. The van der Waals surface area contributed by atoms with E-state index >= 15 is 4.39 Å². The molecule has 1 N–H and O–H groups in total. The lowest BCUT2D eigenvalue weighted by molar-refractivity contribution is 0.0686. The Hall–Kier alpha value is -4.40. The van der Waals surface area contributed by atoms with Crippen LogP contribution in [0.15, 0.2) is 59.5 Å². The molecule has 1 aromatic carbocycles. The highest BCUT2D eigenvalue weighted by molar-refractivity contribution is 5.98. The number of rotatable bonds is 5. The fourth-order valence-electron chi connectivity index (χ4n) is 4.40. The molecule has 0 saturated carbocycles. The summed E-state index contributed by atoms with van der Waals surface area (Å²) in [6.07, 6.45) is 5.06. The molecule has 5 aromatic rings. The van der Waals surface area contributed by atoms with Crippen molar-refractivity contribution in [2.45, 2.75) is 26.8 Å². The number of carboxylic acid groups (broad SMARTS) is 1. The van der Waals surface area contributed by atoms with E-state index in [0.717, 1.165) is 17.3 Å². The molecule has 0 unspecified atom stereocenters. The van der Waals surface area contributed by atoms with E-state index in [0.29, 0.717) is 33.6 Å². The van der Waals surface area contributed by atoms with Crippen LogP contribution in [0.2, 0.25) is 0 Å². The van der Waals surface area contributed by atoms with Crippen molar-refractivity contribution >= 4 is 17.0 Å². The summed E-state index contributed by atoms with van der Waals surface area (Å²) in [7, 11) is 0. The number of carbonyl (C=O) groups is 1. The van der Waals surface area contributed by atoms with E-state index in [1.54, 1.807) is 25.5 Å². The zero-order valence-electron chi connectivity index (χ0n) is 19.1. The van der Waals surface area contributed by atoms with Crippen LogP contribution in [0.4, 0.5) is 8.78 Å². The number of halogens is 2. The zero-order valence-corrected chi connectivity index (χ0v) is 19.1. The molecule has 0 saturated heterocycles. The maximum absolute atomic E-state index is 15.3. The van der Waals surface area contributed by atoms with Gasteiger partial charge in [-0.15, -0.1) is 0 Å². The molecule has 4 heterocycles. The van der Waals surface area contributed by atoms with E-state index in [9.17, 15) is 14.3 Å². The molecule has 0 fully saturated rings. The summed E-state index contributed by atoms with van der Waals surface area (Å²) in [6, 6.07) is 9.30. The maximum atomic E-state index is 15.3. The fourth-order valence-corrected chi connectivity index (χ4v) is 4.40. The molecular formula is C26H20F2N4O3. The quantitative estimate of drug-likeness (QED) is 0.338. The molecule has 1 atom stereocenters. The van der Waals surface area contributed by atoms with Gasteiger partial charge in [-0.2, -0.15) is 0 Å². The minimum Gasteiger partial charge on any atom is -0.477 e. The first-order chi connectivity index (χ1) is 16.8. The van der Waals surface area contributed by atoms with Crippen molar-refractivity contribution < 1.29 is 23.2 Å². The summed E-state index contributed by atoms with van der Waals surface area (Å²) < 4.78 is 36.6. The number of pyridine rings is 2. The highest BCUT2D eigenvalue weighted by atomic mass is 19.1. The Morgan fingerprint density at radius 2 is 1.91 bits per heavy atom. The summed E-state index contributed by atoms with van der Waals surface area (Å²) in [6.45, 7) is 5.52. The van der Waals surface area contributed by atoms with Crippen molar-refractivity contribution in [2.75, 3.05) is 0 Å². The van der Waals surface area contributed by atoms with Gasteiger partial charge in [0, 0.05) is 46.2 Å². The predicted octanol–water partition coefficient (Wildman–Crippen LogP) is 5.96. The largest absolute Gasteiger partial charge is 0.477 e. The van der Waals surface area contributed by atoms with Crippen LogP contribution in [0.25, 0.3) is 33.3 Å². The molecule has 0 aliphatic carbocycles. The first-order valence-electron chi connectivity index (χ1n) is 10.8. The number of fused-ring (bicyclic) bond motifs is 1. The summed E-state index contributed by atoms with van der Waals surface area (Å²) in [4.78, 5) is 20.6. The minimum absolute atomic E-state index is 0.0431. The Labute approximate surface area is 198 Å². The Kier molecular flexibility index (Phi) is 5.39. The Morgan fingerprint density at radius 1 is 1.11 bits per heavy atom. The van der Waals surface area contributed by atoms with Crippen molar-refractivity contribution in [3.05, 3.63) is 89.3 Å². The predicted molar refractivity (Wildman–Crippen MR) is 125 cm³/mol. The van der Waals surface area contributed by atoms with Crippen LogP contribution in [0.1, 0.15) is 40.5 Å². The second-order valence-corrected chi connectivity index (χ2v) is 8.26. The average molecular weight is 474 g/mol. The van der Waals surface area contributed by atoms with Gasteiger partial charge >= 0.3 is 5.97 Å². The molecule has 35 heavy (non-hydrogen) atoms. The van der Waals surface area contributed by atoms with Crippen LogP contribution in [0.5, 0.6) is 0 Å². The van der Waals surface area contributed by atoms with Gasteiger partial charge in [0.25, 0.3) is 0 Å². The molecule has 4 aromatic heterocycles. The van der Waals surface area contributed by atoms with Crippen LogP contribution in [-0.4, -0.2) is 30.8 Å². The zero-order chi connectivity index (χ0) is 24.9. The number of aromatic nitrogens is 4. The number of nitrogens with zero attached hydrogens (tertiary/aromatic N) is 4. The summed E-state index contributed by atoms with van der Waals surface area (Å²) in [5, 5.41) is 13.9. The van der Waals surface area contributed by atoms with Crippen molar-refractivity contribution in [3.63, 3.8) is 0 Å². The molecule has 9 heteroatoms. The molecule has 7 nitrogen and oxygen atoms in total. The van der Waals surface area contributed by atoms with E-state index < -0.39 is 23.2 Å². The van der Waals surface area contributed by atoms with Gasteiger partial charge in [-0.05, 0) is 51.1 Å². The third kappa shape index (κ3) is 3.65. The molecule has 0 aliphatic rings. The molecule has 5 rings (SSSR count). The van der Waals surface area contributed by atoms with Gasteiger partial charge in [0.05, 0.1) is 17.4 Å². The van der Waals surface area contributed by atoms with Crippen LogP contribution in [0, 0.1) is 25.5 Å². The van der Waals surface area contributed by atoms with Gasteiger partial charge in [-0.25, -0.2) is 18.6 Å². The van der Waals surface area contributed by atoms with Crippen molar-refractivity contribution in [3.8, 4) is 22.3 Å². The van der Waals surface area contributed by atoms with Gasteiger partial charge in [0.1, 0.15) is 28.6 Å². The second kappa shape index (κ2) is 8.43. The number of aryl methyl sites for hydroxylation is 2. The average Bonchev–Trinajstić information content (AvgIpc) is 3.38. The van der Waals surface area contributed by atoms with E-state index in [2.05, 4.69) is 15.1 Å². The molecule has 0 aliphatic heterocycles. The normalized spacial score (nSPS) is 12.3. The summed E-state index contributed by atoms with van der Waals surface area (Å²) >= 11 is 0. The van der Waals surface area contributed by atoms with E-state index in [4.69, 9.17) is 4.52 Å². The van der Waals surface area contributed by atoms with Gasteiger partial charge < -0.3 is 14.2 Å². The van der Waals surface area contributed by atoms with Gasteiger partial charge in [0.15, 0.2) is 0 Å². The SMILES string of the molecule is Cc1noc(C)c1-c1cnc2c(c1)c(-c1ccc(F)c(C(=O)O)c1F)cn2[C@@H](C)c1ccccn1. The fraction of sp³-hybridized carbons (Fsp3) is 0.154. The third-order valence-electron chi connectivity index (χ3n) is 6.12. The van der Waals surface area contributed by atoms with E-state index in [-0.39, 0.29) is 11.6 Å². The molecule has 0 amide bonds. The highest BCUT2D eigenvalue weighted by Crippen LogP contribution is 2.38. The first kappa shape index (κ1) is 22.4. The highest BCUT2D eigenvalue weighted by Gasteiger charge is 2.25. The molecule has 0 bridgehead atoms. The van der Waals surface area contributed by atoms with Gasteiger partial charge in [-0.1, -0.05) is 11.2 Å². The minimum atomic E-state index is -1.68. The molecule has 0 radical (unpaired) electrons. The van der Waals surface area contributed by atoms with Crippen LogP contribution >= 0.6 is 0 Å². The summed E-state index contributed by atoms with van der Waals surface area (Å²) in [5.41, 5.74) is 2.78. The van der Waals surface area contributed by atoms with Crippen LogP contribution in [-0.2, 0) is 0 Å². The number of carboxylic acids is 1. The smallest absolute Gasteiger partial charge is 0.341 e. The monoisotopic (exact) mass is 474 g/mol. The number of hydrogen-bond acceptors (Lipinski definition) is 5. The van der Waals surface area contributed by atoms with E-state index in [1.165, 1.54) is 6.07 Å². The Morgan fingerprint density at radius 3 is 2.57 bits per heavy atom. The lowest BCUT2D eigenvalue weighted by Crippen LogP contribution is -2.08. The van der Waals surface area contributed by atoms with Crippen LogP contribution in [0.3, 0.4) is 0 Å². The summed E-state index contributed by atoms with van der Waals surface area (Å²) in [5.74, 6) is -3.36. The van der Waals surface area contributed by atoms with Gasteiger partial charge in [-0.3, -0.25) is 4.98 Å². The molecule has 176 valence electrons. The third-order valence-corrected chi connectivity index (χ3v) is 6.12. The lowest BCUT2D eigenvalue weighted by atomic mass is 9.99. The Bertz CT molecular complexity index is 1570. The topological polar surface area (TPSA) is 94.0 Å². The molecule has 0 spiro atoms. The van der Waals surface area contributed by atoms with Crippen LogP contribution < -0.4 is 0 Å². The first-order valence-corrected chi connectivity index (χ1v) is 10.8. The number of aromatic carboxylic acids is 1. The number of hydrogen-bond donors (Lipinski definition) is 1. The van der Waals surface area contributed by atoms with Gasteiger partial charge in [0.2, 0.25) is 0 Å². The second-order valence-electron chi connectivity index (χ2n) is 8.26. The van der Waals surface area contributed by atoms with E-state index in [1.807, 2.05) is 42.7 Å². The molecular weight excluding hydrogens is 454 g/mol. The maximum Gasteiger partial charge on any atom is 0.341 e. The lowest BCUT2D eigenvalue weighted by Gasteiger charge is -2.14. The standard InChI is InChI=1S/C26H20F2N4O3/c1-13-22(15(3)35-31-13)16-10-18-19(17-7-8-20(27)23(24(17)28)26(33)34)12-32(25(18)30-11-16)14(2)21-6-4-5-9-29-21/h4-12,14H,1-3H3,(H,33,34)/t14-/m0/s1. The van der Waals surface area contributed by atoms with Crippen molar-refractivity contribution in [1.29, 1.82) is 0 Å². The Balaban J connectivity index is 1.80. The van der Waals surface area contributed by atoms with Crippen molar-refractivity contribution in [2.24, 2.45) is 0 Å². The van der Waals surface area contributed by atoms with Crippen molar-refractivity contribution in [1.82, 2.24) is 19.7 Å².